The molecule has 0 atom stereocenters. The van der Waals surface area contributed by atoms with Crippen molar-refractivity contribution in [1.82, 2.24) is 5.32 Å². The van der Waals surface area contributed by atoms with E-state index in [1.807, 2.05) is 11.8 Å². The van der Waals surface area contributed by atoms with Gasteiger partial charge in [-0.25, -0.2) is 0 Å². The van der Waals surface area contributed by atoms with Crippen molar-refractivity contribution in [2.45, 2.75) is 19.4 Å². The molecule has 90 valence electrons. The molecule has 4 heteroatoms. The fraction of sp³-hybridized carbons (Fsp3) is 0.500. The predicted octanol–water partition coefficient (Wildman–Crippen LogP) is 4.44. The topological polar surface area (TPSA) is 12.0 Å². The molecule has 1 nitrogen and oxygen atoms in total. The lowest BCUT2D eigenvalue weighted by molar-refractivity contribution is 0.644. The van der Waals surface area contributed by atoms with Gasteiger partial charge in [0.1, 0.15) is 0 Å². The van der Waals surface area contributed by atoms with Gasteiger partial charge in [-0.1, -0.05) is 6.07 Å². The molecule has 0 aliphatic carbocycles. The first-order valence-corrected chi connectivity index (χ1v) is 8.35. The van der Waals surface area contributed by atoms with Crippen LogP contribution in [0.25, 0.3) is 0 Å². The smallest absolute Gasteiger partial charge is 0.0320 e. The lowest BCUT2D eigenvalue weighted by atomic mass is 10.2. The van der Waals surface area contributed by atoms with Gasteiger partial charge in [-0.05, 0) is 81.0 Å². The van der Waals surface area contributed by atoms with Crippen molar-refractivity contribution < 1.29 is 0 Å². The zero-order chi connectivity index (χ0) is 11.8. The average Bonchev–Trinajstić information content (AvgIpc) is 2.28. The van der Waals surface area contributed by atoms with E-state index in [9.17, 15) is 0 Å². The quantitative estimate of drug-likeness (QED) is 0.715. The van der Waals surface area contributed by atoms with Gasteiger partial charge in [-0.2, -0.15) is 11.8 Å². The van der Waals surface area contributed by atoms with Crippen LogP contribution in [0.15, 0.2) is 27.1 Å². The van der Waals surface area contributed by atoms with Gasteiger partial charge in [-0.15, -0.1) is 0 Å². The minimum atomic E-state index is 0.950. The second-order valence-electron chi connectivity index (χ2n) is 3.63. The Hall–Kier alpha value is 0.490. The highest BCUT2D eigenvalue weighted by molar-refractivity contribution is 9.13. The fourth-order valence-electron chi connectivity index (χ4n) is 1.38. The van der Waals surface area contributed by atoms with E-state index >= 15 is 0 Å². The van der Waals surface area contributed by atoms with Crippen LogP contribution in [0.4, 0.5) is 0 Å². The maximum atomic E-state index is 3.51. The van der Waals surface area contributed by atoms with E-state index < -0.39 is 0 Å². The van der Waals surface area contributed by atoms with E-state index in [2.05, 4.69) is 61.6 Å². The summed E-state index contributed by atoms with van der Waals surface area (Å²) in [5.41, 5.74) is 1.32. The predicted molar refractivity (Wildman–Crippen MR) is 81.2 cm³/mol. The van der Waals surface area contributed by atoms with Crippen molar-refractivity contribution in [3.63, 3.8) is 0 Å². The number of halogens is 2. The summed E-state index contributed by atoms with van der Waals surface area (Å²) in [4.78, 5) is 0. The molecule has 1 aromatic rings. The number of nitrogens with one attached hydrogen (secondary N) is 1. The van der Waals surface area contributed by atoms with E-state index in [0.717, 1.165) is 22.0 Å². The van der Waals surface area contributed by atoms with Gasteiger partial charge in [0.05, 0.1) is 0 Å². The summed E-state index contributed by atoms with van der Waals surface area (Å²) in [5, 5.41) is 3.46. The van der Waals surface area contributed by atoms with Gasteiger partial charge < -0.3 is 5.32 Å². The van der Waals surface area contributed by atoms with E-state index in [-0.39, 0.29) is 0 Å². The highest BCUT2D eigenvalue weighted by Gasteiger charge is 1.98. The second-order valence-corrected chi connectivity index (χ2v) is 6.32. The molecule has 0 aromatic heterocycles. The molecule has 0 radical (unpaired) electrons. The van der Waals surface area contributed by atoms with E-state index in [1.54, 1.807) is 0 Å². The first-order chi connectivity index (χ1) is 7.74. The van der Waals surface area contributed by atoms with Crippen molar-refractivity contribution in [3.8, 4) is 0 Å². The highest BCUT2D eigenvalue weighted by atomic mass is 79.9. The maximum Gasteiger partial charge on any atom is 0.0320 e. The van der Waals surface area contributed by atoms with Gasteiger partial charge in [-0.3, -0.25) is 0 Å². The number of thioether (sulfide) groups is 1. The molecule has 0 aliphatic heterocycles. The third-order valence-corrected chi connectivity index (χ3v) is 4.84. The largest absolute Gasteiger partial charge is 0.313 e. The molecule has 0 fully saturated rings. The molecule has 1 aromatic carbocycles. The fourth-order valence-corrected chi connectivity index (χ4v) is 2.54. The molecule has 1 rings (SSSR count). The van der Waals surface area contributed by atoms with Gasteiger partial charge >= 0.3 is 0 Å². The van der Waals surface area contributed by atoms with Crippen molar-refractivity contribution in [2.75, 3.05) is 18.6 Å². The molecule has 16 heavy (non-hydrogen) atoms. The van der Waals surface area contributed by atoms with Gasteiger partial charge in [0.25, 0.3) is 0 Å². The number of hydrogen-bond donors (Lipinski definition) is 1. The van der Waals surface area contributed by atoms with Crippen molar-refractivity contribution in [1.29, 1.82) is 0 Å². The third-order valence-electron chi connectivity index (χ3n) is 2.27. The summed E-state index contributed by atoms with van der Waals surface area (Å²) < 4.78 is 2.23. The molecular formula is C12H17Br2NS. The summed E-state index contributed by atoms with van der Waals surface area (Å²) in [7, 11) is 0. The minimum Gasteiger partial charge on any atom is -0.313 e. The Morgan fingerprint density at radius 2 is 2.00 bits per heavy atom. The molecule has 0 bridgehead atoms. The first kappa shape index (κ1) is 14.6. The molecule has 0 heterocycles. The van der Waals surface area contributed by atoms with Crippen LogP contribution in [-0.2, 0) is 6.54 Å². The van der Waals surface area contributed by atoms with Crippen molar-refractivity contribution >= 4 is 43.6 Å². The Morgan fingerprint density at radius 3 is 2.69 bits per heavy atom. The van der Waals surface area contributed by atoms with Crippen LogP contribution in [-0.4, -0.2) is 18.6 Å². The summed E-state index contributed by atoms with van der Waals surface area (Å²) >= 11 is 8.90. The summed E-state index contributed by atoms with van der Waals surface area (Å²) in [6, 6.07) is 6.37. The number of hydrogen-bond acceptors (Lipinski definition) is 2. The van der Waals surface area contributed by atoms with E-state index in [1.165, 1.54) is 24.2 Å². The molecule has 0 saturated heterocycles. The zero-order valence-electron chi connectivity index (χ0n) is 9.43. The van der Waals surface area contributed by atoms with E-state index in [4.69, 9.17) is 0 Å². The van der Waals surface area contributed by atoms with Crippen LogP contribution >= 0.6 is 43.6 Å². The first-order valence-electron chi connectivity index (χ1n) is 5.37. The van der Waals surface area contributed by atoms with Gasteiger partial charge in [0.2, 0.25) is 0 Å². The normalized spacial score (nSPS) is 10.7. The Morgan fingerprint density at radius 1 is 1.19 bits per heavy atom. The Balaban J connectivity index is 2.19. The van der Waals surface area contributed by atoms with Crippen LogP contribution in [0.5, 0.6) is 0 Å². The molecule has 0 saturated carbocycles. The molecule has 0 spiro atoms. The summed E-state index contributed by atoms with van der Waals surface area (Å²) in [6.45, 7) is 2.05. The second kappa shape index (κ2) is 8.56. The molecule has 0 aliphatic rings. The van der Waals surface area contributed by atoms with Gasteiger partial charge in [0, 0.05) is 15.5 Å². The standard InChI is InChI=1S/C12H17Br2NS/c1-16-7-3-2-6-15-9-10-4-5-11(13)12(14)8-10/h4-5,8,15H,2-3,6-7,9H2,1H3. The van der Waals surface area contributed by atoms with Crippen molar-refractivity contribution in [2.24, 2.45) is 0 Å². The lowest BCUT2D eigenvalue weighted by Crippen LogP contribution is -2.14. The number of benzene rings is 1. The SMILES string of the molecule is CSCCCCNCc1ccc(Br)c(Br)c1. The summed E-state index contributed by atoms with van der Waals surface area (Å²) in [5.74, 6) is 1.27. The molecule has 0 amide bonds. The molecule has 1 N–H and O–H groups in total. The minimum absolute atomic E-state index is 0.950. The van der Waals surface area contributed by atoms with Gasteiger partial charge in [0.15, 0.2) is 0 Å². The monoisotopic (exact) mass is 365 g/mol. The molecule has 0 unspecified atom stereocenters. The maximum absolute atomic E-state index is 3.51. The lowest BCUT2D eigenvalue weighted by Gasteiger charge is -2.06. The average molecular weight is 367 g/mol. The molecular weight excluding hydrogens is 350 g/mol. The number of unbranched alkanes of at least 4 members (excludes halogenated alkanes) is 1. The van der Waals surface area contributed by atoms with Crippen LogP contribution < -0.4 is 5.32 Å². The van der Waals surface area contributed by atoms with Crippen LogP contribution in [0.2, 0.25) is 0 Å². The van der Waals surface area contributed by atoms with Crippen LogP contribution in [0.1, 0.15) is 18.4 Å². The Kier molecular flexibility index (Phi) is 7.79. The van der Waals surface area contributed by atoms with E-state index in [0.29, 0.717) is 0 Å². The summed E-state index contributed by atoms with van der Waals surface area (Å²) in [6.07, 6.45) is 4.73. The van der Waals surface area contributed by atoms with Crippen LogP contribution in [0.3, 0.4) is 0 Å². The van der Waals surface area contributed by atoms with Crippen LogP contribution in [0, 0.1) is 0 Å². The third kappa shape index (κ3) is 5.71. The van der Waals surface area contributed by atoms with Crippen molar-refractivity contribution in [3.05, 3.63) is 32.7 Å². The Labute approximate surface area is 119 Å². The number of rotatable bonds is 7. The Bertz CT molecular complexity index is 318. The highest BCUT2D eigenvalue weighted by Crippen LogP contribution is 2.23. The zero-order valence-corrected chi connectivity index (χ0v) is 13.4.